The van der Waals surface area contributed by atoms with Gasteiger partial charge in [-0.3, -0.25) is 0 Å². The van der Waals surface area contributed by atoms with Gasteiger partial charge in [-0.25, -0.2) is 8.78 Å². The fraction of sp³-hybridized carbons (Fsp3) is 0.500. The zero-order valence-electron chi connectivity index (χ0n) is 9.49. The Hall–Kier alpha value is -0.920. The highest BCUT2D eigenvalue weighted by Gasteiger charge is 2.18. The summed E-state index contributed by atoms with van der Waals surface area (Å²) in [6.07, 6.45) is 0. The molecule has 1 rings (SSSR count). The fourth-order valence-corrected chi connectivity index (χ4v) is 1.10. The van der Waals surface area contributed by atoms with Crippen LogP contribution in [0.15, 0.2) is 18.2 Å². The number of benzene rings is 1. The lowest BCUT2D eigenvalue weighted by molar-refractivity contribution is 0.511. The van der Waals surface area contributed by atoms with Gasteiger partial charge in [0, 0.05) is 6.07 Å². The topological polar surface area (TPSA) is 0 Å². The van der Waals surface area contributed by atoms with Crippen LogP contribution in [-0.4, -0.2) is 0 Å². The van der Waals surface area contributed by atoms with Crippen molar-refractivity contribution >= 4 is 0 Å². The van der Waals surface area contributed by atoms with Gasteiger partial charge in [0.1, 0.15) is 11.6 Å². The molecule has 1 aromatic carbocycles. The van der Waals surface area contributed by atoms with Crippen molar-refractivity contribution in [2.45, 2.75) is 40.0 Å². The van der Waals surface area contributed by atoms with E-state index in [9.17, 15) is 8.78 Å². The maximum Gasteiger partial charge on any atom is 0.129 e. The van der Waals surface area contributed by atoms with Crippen LogP contribution >= 0.6 is 0 Å². The van der Waals surface area contributed by atoms with E-state index >= 15 is 0 Å². The summed E-state index contributed by atoms with van der Waals surface area (Å²) in [5.74, 6) is -0.997. The molecule has 14 heavy (non-hydrogen) atoms. The summed E-state index contributed by atoms with van der Waals surface area (Å²) in [7, 11) is 0. The Morgan fingerprint density at radius 3 is 1.86 bits per heavy atom. The van der Waals surface area contributed by atoms with Crippen molar-refractivity contribution in [3.8, 4) is 0 Å². The van der Waals surface area contributed by atoms with E-state index < -0.39 is 11.6 Å². The Bertz CT molecular complexity index is 285. The largest absolute Gasteiger partial charge is 0.207 e. The van der Waals surface area contributed by atoms with E-state index in [1.165, 1.54) is 12.1 Å². The quantitative estimate of drug-likeness (QED) is 0.586. The lowest BCUT2D eigenvalue weighted by Gasteiger charge is -2.19. The lowest BCUT2D eigenvalue weighted by Crippen LogP contribution is -2.13. The maximum atomic E-state index is 13.1. The minimum absolute atomic E-state index is 0.266. The summed E-state index contributed by atoms with van der Waals surface area (Å²) in [5, 5.41) is 0. The smallest absolute Gasteiger partial charge is 0.129 e. The molecule has 0 aromatic heterocycles. The lowest BCUT2D eigenvalue weighted by atomic mass is 9.87. The van der Waals surface area contributed by atoms with Crippen molar-refractivity contribution in [3.63, 3.8) is 0 Å². The first-order chi connectivity index (χ1) is 6.41. The van der Waals surface area contributed by atoms with E-state index in [0.717, 1.165) is 6.07 Å². The predicted octanol–water partition coefficient (Wildman–Crippen LogP) is 4.29. The predicted molar refractivity (Wildman–Crippen MR) is 56.4 cm³/mol. The molecule has 2 heteroatoms. The third-order valence-corrected chi connectivity index (χ3v) is 1.74. The summed E-state index contributed by atoms with van der Waals surface area (Å²) >= 11 is 0. The van der Waals surface area contributed by atoms with E-state index in [-0.39, 0.29) is 5.41 Å². The first-order valence-corrected chi connectivity index (χ1v) is 4.87. The molecule has 0 heterocycles. The molecule has 0 atom stereocenters. The highest BCUT2D eigenvalue weighted by atomic mass is 19.1. The van der Waals surface area contributed by atoms with Crippen molar-refractivity contribution in [1.29, 1.82) is 0 Å². The van der Waals surface area contributed by atoms with Gasteiger partial charge in [-0.05, 0) is 17.0 Å². The summed E-state index contributed by atoms with van der Waals surface area (Å²) in [5.41, 5.74) is 0.279. The molecule has 0 spiro atoms. The minimum Gasteiger partial charge on any atom is -0.207 e. The first kappa shape index (κ1) is 13.1. The van der Waals surface area contributed by atoms with Gasteiger partial charge in [0.05, 0.1) is 0 Å². The molecule has 0 bridgehead atoms. The highest BCUT2D eigenvalue weighted by molar-refractivity contribution is 5.25. The minimum atomic E-state index is -0.527. The normalized spacial score (nSPS) is 10.5. The van der Waals surface area contributed by atoms with Crippen LogP contribution in [0.4, 0.5) is 8.78 Å². The van der Waals surface area contributed by atoms with Crippen molar-refractivity contribution in [2.75, 3.05) is 0 Å². The van der Waals surface area contributed by atoms with Gasteiger partial charge in [-0.15, -0.1) is 0 Å². The second-order valence-corrected chi connectivity index (χ2v) is 3.87. The average molecular weight is 200 g/mol. The summed E-state index contributed by atoms with van der Waals surface area (Å²) in [6, 6.07) is 3.69. The van der Waals surface area contributed by atoms with Crippen molar-refractivity contribution in [1.82, 2.24) is 0 Å². The number of halogens is 2. The Labute approximate surface area is 85.0 Å². The molecular weight excluding hydrogens is 182 g/mol. The zero-order valence-corrected chi connectivity index (χ0v) is 9.49. The average Bonchev–Trinajstić information content (AvgIpc) is 2.05. The Balaban J connectivity index is 0.000000791. The van der Waals surface area contributed by atoms with Gasteiger partial charge in [-0.2, -0.15) is 0 Å². The molecule has 0 aliphatic carbocycles. The van der Waals surface area contributed by atoms with E-state index in [0.29, 0.717) is 5.56 Å². The molecule has 0 saturated heterocycles. The van der Waals surface area contributed by atoms with Crippen LogP contribution in [0.5, 0.6) is 0 Å². The number of hydrogen-bond donors (Lipinski definition) is 0. The van der Waals surface area contributed by atoms with Crippen molar-refractivity contribution < 1.29 is 8.78 Å². The molecule has 0 fully saturated rings. The first-order valence-electron chi connectivity index (χ1n) is 4.87. The molecule has 0 unspecified atom stereocenters. The molecular formula is C12H18F2. The van der Waals surface area contributed by atoms with Crippen LogP contribution in [-0.2, 0) is 5.41 Å². The van der Waals surface area contributed by atoms with Crippen LogP contribution in [0.1, 0.15) is 40.2 Å². The molecule has 80 valence electrons. The van der Waals surface area contributed by atoms with Gasteiger partial charge in [-0.1, -0.05) is 40.7 Å². The van der Waals surface area contributed by atoms with E-state index in [4.69, 9.17) is 0 Å². The van der Waals surface area contributed by atoms with Gasteiger partial charge < -0.3 is 0 Å². The number of hydrogen-bond acceptors (Lipinski definition) is 0. The number of rotatable bonds is 0. The van der Waals surface area contributed by atoms with Crippen molar-refractivity contribution in [3.05, 3.63) is 35.4 Å². The monoisotopic (exact) mass is 200 g/mol. The Morgan fingerprint density at radius 2 is 1.50 bits per heavy atom. The third-order valence-electron chi connectivity index (χ3n) is 1.74. The van der Waals surface area contributed by atoms with Crippen LogP contribution < -0.4 is 0 Å². The standard InChI is InChI=1S/C10H12F2.C2H6/c1-10(2,3)8-5-4-7(11)6-9(8)12;1-2/h4-6H,1-3H3;1-2H3. The summed E-state index contributed by atoms with van der Waals surface area (Å²) < 4.78 is 25.6. The molecule has 0 N–H and O–H groups in total. The molecule has 0 nitrogen and oxygen atoms in total. The van der Waals surface area contributed by atoms with Gasteiger partial charge in [0.25, 0.3) is 0 Å². The van der Waals surface area contributed by atoms with E-state index in [1.807, 2.05) is 34.6 Å². The molecule has 0 saturated carbocycles. The molecule has 0 amide bonds. The third kappa shape index (κ3) is 3.44. The summed E-state index contributed by atoms with van der Waals surface area (Å²) in [4.78, 5) is 0. The molecule has 1 aromatic rings. The van der Waals surface area contributed by atoms with Gasteiger partial charge in [0.2, 0.25) is 0 Å². The van der Waals surface area contributed by atoms with Crippen LogP contribution in [0.3, 0.4) is 0 Å². The van der Waals surface area contributed by atoms with Gasteiger partial charge >= 0.3 is 0 Å². The second kappa shape index (κ2) is 5.08. The van der Waals surface area contributed by atoms with E-state index in [2.05, 4.69) is 0 Å². The Morgan fingerprint density at radius 1 is 1.00 bits per heavy atom. The SMILES string of the molecule is CC.CC(C)(C)c1ccc(F)cc1F. The zero-order chi connectivity index (χ0) is 11.4. The van der Waals surface area contributed by atoms with E-state index in [1.54, 1.807) is 0 Å². The molecule has 0 aliphatic rings. The van der Waals surface area contributed by atoms with Crippen LogP contribution in [0.25, 0.3) is 0 Å². The molecule has 0 aliphatic heterocycles. The fourth-order valence-electron chi connectivity index (χ4n) is 1.10. The van der Waals surface area contributed by atoms with Crippen molar-refractivity contribution in [2.24, 2.45) is 0 Å². The Kier molecular flexibility index (Phi) is 4.75. The van der Waals surface area contributed by atoms with Crippen LogP contribution in [0.2, 0.25) is 0 Å². The van der Waals surface area contributed by atoms with Crippen LogP contribution in [0, 0.1) is 11.6 Å². The van der Waals surface area contributed by atoms with Gasteiger partial charge in [0.15, 0.2) is 0 Å². The molecule has 0 radical (unpaired) electrons. The maximum absolute atomic E-state index is 13.1. The highest BCUT2D eigenvalue weighted by Crippen LogP contribution is 2.24. The second-order valence-electron chi connectivity index (χ2n) is 3.87. The summed E-state index contributed by atoms with van der Waals surface area (Å²) in [6.45, 7) is 9.68.